The van der Waals surface area contributed by atoms with E-state index < -0.39 is 0 Å². The molecule has 0 unspecified atom stereocenters. The molecule has 0 aliphatic rings. The van der Waals surface area contributed by atoms with E-state index >= 15 is 0 Å². The summed E-state index contributed by atoms with van der Waals surface area (Å²) in [4.78, 5) is 14.2. The van der Waals surface area contributed by atoms with Gasteiger partial charge in [0.25, 0.3) is 0 Å². The second-order valence-electron chi connectivity index (χ2n) is 10.8. The summed E-state index contributed by atoms with van der Waals surface area (Å²) >= 11 is 1.81. The van der Waals surface area contributed by atoms with Gasteiger partial charge in [0.1, 0.15) is 11.6 Å². The van der Waals surface area contributed by atoms with Crippen molar-refractivity contribution >= 4 is 31.5 Å². The second kappa shape index (κ2) is 11.2. The van der Waals surface area contributed by atoms with Crippen LogP contribution in [-0.2, 0) is 0 Å². The molecule has 0 spiro atoms. The lowest BCUT2D eigenvalue weighted by molar-refractivity contribution is 0.627. The van der Waals surface area contributed by atoms with Crippen molar-refractivity contribution in [1.29, 1.82) is 0 Å². The molecule has 0 atom stereocenters. The number of aromatic nitrogens is 3. The molecule has 0 radical (unpaired) electrons. The summed E-state index contributed by atoms with van der Waals surface area (Å²) in [7, 11) is 0. The number of halogens is 2. The predicted molar refractivity (Wildman–Crippen MR) is 180 cm³/mol. The molecule has 3 nitrogen and oxygen atoms in total. The van der Waals surface area contributed by atoms with Crippen molar-refractivity contribution in [2.75, 3.05) is 0 Å². The number of hydrogen-bond donors (Lipinski definition) is 0. The van der Waals surface area contributed by atoms with E-state index in [0.29, 0.717) is 28.6 Å². The number of rotatable bonds is 5. The average Bonchev–Trinajstić information content (AvgIpc) is 3.47. The molecule has 0 aliphatic heterocycles. The zero-order chi connectivity index (χ0) is 30.3. The molecule has 45 heavy (non-hydrogen) atoms. The molecular formula is C39H23F2N3S. The highest BCUT2D eigenvalue weighted by atomic mass is 32.1. The van der Waals surface area contributed by atoms with Gasteiger partial charge in [-0.05, 0) is 95.1 Å². The first-order valence-corrected chi connectivity index (χ1v) is 15.3. The zero-order valence-electron chi connectivity index (χ0n) is 23.8. The van der Waals surface area contributed by atoms with Crippen molar-refractivity contribution < 1.29 is 8.78 Å². The number of fused-ring (bicyclic) bond motifs is 3. The van der Waals surface area contributed by atoms with Crippen LogP contribution in [0.3, 0.4) is 0 Å². The van der Waals surface area contributed by atoms with Crippen molar-refractivity contribution in [3.8, 4) is 56.4 Å². The summed E-state index contributed by atoms with van der Waals surface area (Å²) in [6.45, 7) is 0. The molecule has 0 amide bonds. The zero-order valence-corrected chi connectivity index (χ0v) is 24.6. The van der Waals surface area contributed by atoms with Crippen LogP contribution in [0.2, 0.25) is 0 Å². The van der Waals surface area contributed by atoms with Gasteiger partial charge >= 0.3 is 0 Å². The SMILES string of the molecule is Fc1ccc(-c2nc(-c3ccc(F)cc3)nc(-c3cccc(-c4cccc(-c5ccc6c(c5)sc5ccccc56)c4)c3)n2)cc1. The maximum Gasteiger partial charge on any atom is 0.164 e. The molecule has 6 aromatic carbocycles. The largest absolute Gasteiger partial charge is 0.208 e. The molecular weight excluding hydrogens is 581 g/mol. The lowest BCUT2D eigenvalue weighted by Gasteiger charge is -2.10. The number of benzene rings is 6. The maximum absolute atomic E-state index is 13.7. The van der Waals surface area contributed by atoms with Gasteiger partial charge in [-0.1, -0.05) is 66.7 Å². The molecule has 214 valence electrons. The van der Waals surface area contributed by atoms with Crippen LogP contribution in [0.5, 0.6) is 0 Å². The van der Waals surface area contributed by atoms with Crippen LogP contribution in [0, 0.1) is 11.6 Å². The van der Waals surface area contributed by atoms with E-state index in [4.69, 9.17) is 9.97 Å². The van der Waals surface area contributed by atoms with Gasteiger partial charge in [0.05, 0.1) is 0 Å². The van der Waals surface area contributed by atoms with E-state index in [2.05, 4.69) is 83.8 Å². The highest BCUT2D eigenvalue weighted by Gasteiger charge is 2.14. The summed E-state index contributed by atoms with van der Waals surface area (Å²) in [6.07, 6.45) is 0. The summed E-state index contributed by atoms with van der Waals surface area (Å²) in [5.74, 6) is 0.597. The van der Waals surface area contributed by atoms with Crippen LogP contribution < -0.4 is 0 Å². The fourth-order valence-corrected chi connectivity index (χ4v) is 6.73. The average molecular weight is 604 g/mol. The minimum Gasteiger partial charge on any atom is -0.208 e. The highest BCUT2D eigenvalue weighted by Crippen LogP contribution is 2.37. The summed E-state index contributed by atoms with van der Waals surface area (Å²) in [5.41, 5.74) is 6.50. The van der Waals surface area contributed by atoms with E-state index in [1.54, 1.807) is 24.3 Å². The van der Waals surface area contributed by atoms with E-state index in [-0.39, 0.29) is 11.6 Å². The summed E-state index contributed by atoms with van der Waals surface area (Å²) in [6, 6.07) is 43.9. The van der Waals surface area contributed by atoms with Gasteiger partial charge < -0.3 is 0 Å². The van der Waals surface area contributed by atoms with Crippen LogP contribution in [0.4, 0.5) is 8.78 Å². The Morgan fingerprint density at radius 2 is 0.800 bits per heavy atom. The van der Waals surface area contributed by atoms with Gasteiger partial charge in [0.2, 0.25) is 0 Å². The fourth-order valence-electron chi connectivity index (χ4n) is 5.58. The normalized spacial score (nSPS) is 11.3. The lowest BCUT2D eigenvalue weighted by atomic mass is 9.97. The van der Waals surface area contributed by atoms with Crippen molar-refractivity contribution in [2.45, 2.75) is 0 Å². The van der Waals surface area contributed by atoms with Crippen molar-refractivity contribution in [3.05, 3.63) is 151 Å². The molecule has 0 saturated heterocycles. The van der Waals surface area contributed by atoms with Gasteiger partial charge in [0, 0.05) is 36.9 Å². The molecule has 0 N–H and O–H groups in total. The van der Waals surface area contributed by atoms with Gasteiger partial charge in [-0.2, -0.15) is 0 Å². The van der Waals surface area contributed by atoms with Crippen LogP contribution in [0.1, 0.15) is 0 Å². The van der Waals surface area contributed by atoms with E-state index in [9.17, 15) is 8.78 Å². The molecule has 2 heterocycles. The molecule has 6 heteroatoms. The molecule has 8 aromatic rings. The third-order valence-corrected chi connectivity index (χ3v) is 9.00. The Kier molecular flexibility index (Phi) is 6.69. The third-order valence-electron chi connectivity index (χ3n) is 7.87. The first kappa shape index (κ1) is 27.0. The van der Waals surface area contributed by atoms with E-state index in [1.807, 2.05) is 23.5 Å². The van der Waals surface area contributed by atoms with E-state index in [0.717, 1.165) is 27.8 Å². The Hall–Kier alpha value is -5.59. The maximum atomic E-state index is 13.7. The summed E-state index contributed by atoms with van der Waals surface area (Å²) < 4.78 is 30.0. The highest BCUT2D eigenvalue weighted by molar-refractivity contribution is 7.25. The molecule has 2 aromatic heterocycles. The van der Waals surface area contributed by atoms with Gasteiger partial charge in [-0.15, -0.1) is 11.3 Å². The van der Waals surface area contributed by atoms with Gasteiger partial charge in [-0.3, -0.25) is 0 Å². The Balaban J connectivity index is 1.19. The standard InChI is InChI=1S/C39H23F2N3S/c40-31-16-11-24(12-17-31)37-42-38(25-13-18-32(41)19-14-25)44-39(43-37)30-8-4-7-28(22-30)26-5-3-6-27(21-26)29-15-20-34-33-9-1-2-10-35(33)45-36(34)23-29/h1-23H. The van der Waals surface area contributed by atoms with Crippen LogP contribution in [0.15, 0.2) is 140 Å². The van der Waals surface area contributed by atoms with Crippen LogP contribution in [0.25, 0.3) is 76.6 Å². The number of hydrogen-bond acceptors (Lipinski definition) is 4. The monoisotopic (exact) mass is 603 g/mol. The second-order valence-corrected chi connectivity index (χ2v) is 11.9. The topological polar surface area (TPSA) is 38.7 Å². The van der Waals surface area contributed by atoms with E-state index in [1.165, 1.54) is 44.4 Å². The Morgan fingerprint density at radius 3 is 1.40 bits per heavy atom. The quantitative estimate of drug-likeness (QED) is 0.196. The minimum atomic E-state index is -0.342. The van der Waals surface area contributed by atoms with Crippen LogP contribution >= 0.6 is 11.3 Å². The lowest BCUT2D eigenvalue weighted by Crippen LogP contribution is -2.00. The third kappa shape index (κ3) is 5.26. The van der Waals surface area contributed by atoms with Gasteiger partial charge in [-0.25, -0.2) is 23.7 Å². The van der Waals surface area contributed by atoms with Gasteiger partial charge in [0.15, 0.2) is 17.5 Å². The van der Waals surface area contributed by atoms with Crippen molar-refractivity contribution in [3.63, 3.8) is 0 Å². The minimum absolute atomic E-state index is 0.342. The Morgan fingerprint density at radius 1 is 0.356 bits per heavy atom. The molecule has 8 rings (SSSR count). The molecule has 0 fully saturated rings. The Bertz CT molecular complexity index is 2280. The first-order valence-electron chi connectivity index (χ1n) is 14.5. The first-order chi connectivity index (χ1) is 22.1. The number of thiophene rings is 1. The fraction of sp³-hybridized carbons (Fsp3) is 0. The number of nitrogens with zero attached hydrogens (tertiary/aromatic N) is 3. The predicted octanol–water partition coefficient (Wildman–Crippen LogP) is 10.9. The molecule has 0 saturated carbocycles. The van der Waals surface area contributed by atoms with Crippen molar-refractivity contribution in [2.24, 2.45) is 0 Å². The Labute approximate surface area is 262 Å². The molecule has 0 aliphatic carbocycles. The smallest absolute Gasteiger partial charge is 0.164 e. The van der Waals surface area contributed by atoms with Crippen LogP contribution in [-0.4, -0.2) is 15.0 Å². The molecule has 0 bridgehead atoms. The summed E-state index contributed by atoms with van der Waals surface area (Å²) in [5, 5.41) is 2.57. The van der Waals surface area contributed by atoms with Crippen molar-refractivity contribution in [1.82, 2.24) is 15.0 Å².